The topological polar surface area (TPSA) is 75.9 Å². The molecule has 0 aliphatic carbocycles. The van der Waals surface area contributed by atoms with E-state index in [4.69, 9.17) is 4.98 Å². The predicted octanol–water partition coefficient (Wildman–Crippen LogP) is 4.82. The first-order valence-electron chi connectivity index (χ1n) is 11.4. The van der Waals surface area contributed by atoms with Gasteiger partial charge < -0.3 is 14.8 Å². The molecule has 3 aromatic rings. The van der Waals surface area contributed by atoms with Crippen LogP contribution in [0.4, 0.5) is 11.5 Å². The smallest absolute Gasteiger partial charge is 0.245 e. The molecule has 1 saturated heterocycles. The van der Waals surface area contributed by atoms with Gasteiger partial charge in [-0.3, -0.25) is 9.78 Å². The lowest BCUT2D eigenvalue weighted by Gasteiger charge is -2.34. The van der Waals surface area contributed by atoms with Gasteiger partial charge in [0, 0.05) is 49.2 Å². The Morgan fingerprint density at radius 3 is 2.50 bits per heavy atom. The fourth-order valence-electron chi connectivity index (χ4n) is 4.35. The van der Waals surface area contributed by atoms with Crippen molar-refractivity contribution in [1.82, 2.24) is 24.4 Å². The minimum atomic E-state index is -0.231. The highest BCUT2D eigenvalue weighted by molar-refractivity contribution is 5.80. The number of imidazole rings is 1. The number of anilines is 2. The van der Waals surface area contributed by atoms with Gasteiger partial charge in [-0.05, 0) is 50.5 Å². The second kappa shape index (κ2) is 9.51. The van der Waals surface area contributed by atoms with Crippen LogP contribution in [-0.4, -0.2) is 43.4 Å². The Labute approximate surface area is 189 Å². The molecule has 1 unspecified atom stereocenters. The summed E-state index contributed by atoms with van der Waals surface area (Å²) in [5.41, 5.74) is 3.11. The lowest BCUT2D eigenvalue weighted by Crippen LogP contribution is -2.41. The summed E-state index contributed by atoms with van der Waals surface area (Å²) in [4.78, 5) is 28.6. The van der Waals surface area contributed by atoms with Gasteiger partial charge in [0.2, 0.25) is 5.91 Å². The van der Waals surface area contributed by atoms with Crippen molar-refractivity contribution in [2.75, 3.05) is 18.4 Å². The third kappa shape index (κ3) is 4.66. The standard InChI is InChI=1S/C25H32N6O/c1-17(2)24-27-12-15-31(24)19(4)25(32)30-13-9-20(10-14-30)22-8-7-21(16-28-22)29-23-18(3)6-5-11-26-23/h5-8,11-12,15-17,19-20H,9-10,13-14H2,1-4H3,(H,26,29). The minimum Gasteiger partial charge on any atom is -0.341 e. The van der Waals surface area contributed by atoms with E-state index in [0.29, 0.717) is 5.92 Å². The number of nitrogens with zero attached hydrogens (tertiary/aromatic N) is 5. The molecule has 0 radical (unpaired) electrons. The molecule has 1 aliphatic rings. The number of rotatable bonds is 6. The molecule has 1 N–H and O–H groups in total. The van der Waals surface area contributed by atoms with Crippen molar-refractivity contribution in [3.8, 4) is 0 Å². The number of hydrogen-bond acceptors (Lipinski definition) is 5. The molecule has 1 fully saturated rings. The molecule has 4 rings (SSSR count). The van der Waals surface area contributed by atoms with Crippen molar-refractivity contribution in [3.63, 3.8) is 0 Å². The lowest BCUT2D eigenvalue weighted by molar-refractivity contribution is -0.135. The highest BCUT2D eigenvalue weighted by atomic mass is 16.2. The fourth-order valence-corrected chi connectivity index (χ4v) is 4.35. The van der Waals surface area contributed by atoms with Crippen LogP contribution >= 0.6 is 0 Å². The number of amides is 1. The zero-order chi connectivity index (χ0) is 22.7. The summed E-state index contributed by atoms with van der Waals surface area (Å²) in [6.45, 7) is 9.73. The monoisotopic (exact) mass is 432 g/mol. The van der Waals surface area contributed by atoms with E-state index in [1.54, 1.807) is 12.4 Å². The number of nitrogens with one attached hydrogen (secondary N) is 1. The molecule has 0 spiro atoms. The molecule has 3 aromatic heterocycles. The maximum atomic E-state index is 13.1. The van der Waals surface area contributed by atoms with Gasteiger partial charge in [-0.25, -0.2) is 9.97 Å². The highest BCUT2D eigenvalue weighted by Gasteiger charge is 2.29. The van der Waals surface area contributed by atoms with Gasteiger partial charge in [-0.1, -0.05) is 19.9 Å². The maximum Gasteiger partial charge on any atom is 0.245 e. The summed E-state index contributed by atoms with van der Waals surface area (Å²) >= 11 is 0. The number of carbonyl (C=O) groups excluding carboxylic acids is 1. The molecule has 0 bridgehead atoms. The zero-order valence-electron chi connectivity index (χ0n) is 19.3. The molecular weight excluding hydrogens is 400 g/mol. The Hall–Kier alpha value is -3.22. The van der Waals surface area contributed by atoms with E-state index in [1.807, 2.05) is 47.8 Å². The van der Waals surface area contributed by atoms with Gasteiger partial charge in [-0.2, -0.15) is 0 Å². The fraction of sp³-hybridized carbons (Fsp3) is 0.440. The maximum absolute atomic E-state index is 13.1. The second-order valence-corrected chi connectivity index (χ2v) is 8.89. The van der Waals surface area contributed by atoms with E-state index in [0.717, 1.165) is 54.5 Å². The van der Waals surface area contributed by atoms with Crippen LogP contribution in [0.2, 0.25) is 0 Å². The van der Waals surface area contributed by atoms with Gasteiger partial charge in [0.25, 0.3) is 0 Å². The molecule has 4 heterocycles. The molecule has 1 amide bonds. The predicted molar refractivity (Wildman–Crippen MR) is 126 cm³/mol. The molecule has 168 valence electrons. The molecule has 1 atom stereocenters. The quantitative estimate of drug-likeness (QED) is 0.605. The zero-order valence-corrected chi connectivity index (χ0v) is 19.3. The molecule has 0 saturated carbocycles. The number of likely N-dealkylation sites (tertiary alicyclic amines) is 1. The second-order valence-electron chi connectivity index (χ2n) is 8.89. The van der Waals surface area contributed by atoms with Gasteiger partial charge in [-0.15, -0.1) is 0 Å². The average Bonchev–Trinajstić information content (AvgIpc) is 3.31. The van der Waals surface area contributed by atoms with Crippen LogP contribution in [0.25, 0.3) is 0 Å². The largest absolute Gasteiger partial charge is 0.341 e. The van der Waals surface area contributed by atoms with Crippen LogP contribution in [0.5, 0.6) is 0 Å². The summed E-state index contributed by atoms with van der Waals surface area (Å²) in [6, 6.07) is 7.88. The third-order valence-electron chi connectivity index (χ3n) is 6.27. The van der Waals surface area contributed by atoms with Crippen molar-refractivity contribution in [2.24, 2.45) is 0 Å². The Balaban J connectivity index is 1.34. The first kappa shape index (κ1) is 22.0. The van der Waals surface area contributed by atoms with E-state index in [9.17, 15) is 4.79 Å². The number of piperidine rings is 1. The van der Waals surface area contributed by atoms with Crippen molar-refractivity contribution in [3.05, 3.63) is 66.1 Å². The van der Waals surface area contributed by atoms with Crippen LogP contribution in [0, 0.1) is 6.92 Å². The number of aryl methyl sites for hydroxylation is 1. The van der Waals surface area contributed by atoms with Crippen molar-refractivity contribution < 1.29 is 4.79 Å². The Kier molecular flexibility index (Phi) is 6.53. The Morgan fingerprint density at radius 1 is 1.06 bits per heavy atom. The number of hydrogen-bond donors (Lipinski definition) is 1. The van der Waals surface area contributed by atoms with Crippen LogP contribution in [0.15, 0.2) is 49.1 Å². The summed E-state index contributed by atoms with van der Waals surface area (Å²) < 4.78 is 2.01. The number of pyridine rings is 2. The van der Waals surface area contributed by atoms with E-state index in [-0.39, 0.29) is 17.9 Å². The van der Waals surface area contributed by atoms with Crippen molar-refractivity contribution in [1.29, 1.82) is 0 Å². The van der Waals surface area contributed by atoms with Crippen molar-refractivity contribution >= 4 is 17.4 Å². The van der Waals surface area contributed by atoms with Crippen molar-refractivity contribution in [2.45, 2.75) is 58.4 Å². The SMILES string of the molecule is Cc1cccnc1Nc1ccc(C2CCN(C(=O)C(C)n3ccnc3C(C)C)CC2)nc1. The third-order valence-corrected chi connectivity index (χ3v) is 6.27. The first-order valence-corrected chi connectivity index (χ1v) is 11.4. The van der Waals surface area contributed by atoms with E-state index < -0.39 is 0 Å². The van der Waals surface area contributed by atoms with E-state index in [1.165, 1.54) is 0 Å². The molecule has 7 nitrogen and oxygen atoms in total. The van der Waals surface area contributed by atoms with Crippen LogP contribution in [0.1, 0.15) is 68.6 Å². The summed E-state index contributed by atoms with van der Waals surface area (Å²) in [5.74, 6) is 2.64. The molecule has 1 aliphatic heterocycles. The van der Waals surface area contributed by atoms with Gasteiger partial charge in [0.1, 0.15) is 17.7 Å². The number of aromatic nitrogens is 4. The van der Waals surface area contributed by atoms with Crippen LogP contribution in [0.3, 0.4) is 0 Å². The highest BCUT2D eigenvalue weighted by Crippen LogP contribution is 2.29. The number of carbonyl (C=O) groups is 1. The first-order chi connectivity index (χ1) is 15.4. The normalized spacial score (nSPS) is 15.7. The molecule has 32 heavy (non-hydrogen) atoms. The van der Waals surface area contributed by atoms with E-state index in [2.05, 4.69) is 41.3 Å². The van der Waals surface area contributed by atoms with Crippen LogP contribution < -0.4 is 5.32 Å². The average molecular weight is 433 g/mol. The Bertz CT molecular complexity index is 1050. The minimum absolute atomic E-state index is 0.168. The Morgan fingerprint density at radius 2 is 1.84 bits per heavy atom. The van der Waals surface area contributed by atoms with Gasteiger partial charge in [0.15, 0.2) is 0 Å². The summed E-state index contributed by atoms with van der Waals surface area (Å²) in [6.07, 6.45) is 9.21. The summed E-state index contributed by atoms with van der Waals surface area (Å²) in [5, 5.41) is 3.33. The van der Waals surface area contributed by atoms with Gasteiger partial charge in [0.05, 0.1) is 11.9 Å². The molecule has 7 heteroatoms. The molecular formula is C25H32N6O. The van der Waals surface area contributed by atoms with Gasteiger partial charge >= 0.3 is 0 Å². The molecule has 0 aromatic carbocycles. The van der Waals surface area contributed by atoms with Crippen LogP contribution in [-0.2, 0) is 4.79 Å². The summed E-state index contributed by atoms with van der Waals surface area (Å²) in [7, 11) is 0. The van der Waals surface area contributed by atoms with E-state index >= 15 is 0 Å². The lowest BCUT2D eigenvalue weighted by atomic mass is 9.92.